The number of carbonyl (C=O) groups is 2. The first kappa shape index (κ1) is 20.3. The van der Waals surface area contributed by atoms with E-state index in [1.165, 1.54) is 13.1 Å². The van der Waals surface area contributed by atoms with Gasteiger partial charge in [-0.1, -0.05) is 30.3 Å². The van der Waals surface area contributed by atoms with Crippen molar-refractivity contribution in [1.82, 2.24) is 14.8 Å². The van der Waals surface area contributed by atoms with E-state index in [-0.39, 0.29) is 5.56 Å². The lowest BCUT2D eigenvalue weighted by Gasteiger charge is -2.14. The van der Waals surface area contributed by atoms with E-state index in [0.29, 0.717) is 11.5 Å². The van der Waals surface area contributed by atoms with Crippen molar-refractivity contribution in [3.8, 4) is 5.82 Å². The van der Waals surface area contributed by atoms with Gasteiger partial charge in [0.2, 0.25) is 0 Å². The molecule has 1 unspecified atom stereocenters. The number of hydrogen-bond acceptors (Lipinski definition) is 5. The average Bonchev–Trinajstić information content (AvgIpc) is 3.11. The van der Waals surface area contributed by atoms with Crippen molar-refractivity contribution in [3.63, 3.8) is 0 Å². The van der Waals surface area contributed by atoms with Crippen LogP contribution in [0.25, 0.3) is 16.6 Å². The number of nitrogens with zero attached hydrogens (tertiary/aromatic N) is 3. The third kappa shape index (κ3) is 4.45. The molecule has 0 aliphatic carbocycles. The number of anilines is 1. The van der Waals surface area contributed by atoms with Crippen molar-refractivity contribution in [2.24, 2.45) is 0 Å². The number of pyridine rings is 1. The van der Waals surface area contributed by atoms with Gasteiger partial charge in [-0.05, 0) is 61.9 Å². The minimum atomic E-state index is -0.963. The lowest BCUT2D eigenvalue weighted by Crippen LogP contribution is -2.30. The van der Waals surface area contributed by atoms with Crippen LogP contribution in [0.15, 0.2) is 66.9 Å². The molecule has 2 aromatic heterocycles. The van der Waals surface area contributed by atoms with E-state index in [1.54, 1.807) is 16.8 Å². The summed E-state index contributed by atoms with van der Waals surface area (Å²) in [6.07, 6.45) is 0.455. The van der Waals surface area contributed by atoms with Crippen molar-refractivity contribution in [1.29, 1.82) is 0 Å². The highest BCUT2D eigenvalue weighted by atomic mass is 16.5. The lowest BCUT2D eigenvalue weighted by molar-refractivity contribution is -0.123. The molecule has 4 aromatic rings. The molecule has 0 saturated heterocycles. The van der Waals surface area contributed by atoms with Crippen molar-refractivity contribution < 1.29 is 14.3 Å². The van der Waals surface area contributed by atoms with Gasteiger partial charge in [0.25, 0.3) is 5.91 Å². The predicted molar refractivity (Wildman–Crippen MR) is 118 cm³/mol. The predicted octanol–water partition coefficient (Wildman–Crippen LogP) is 4.22. The fourth-order valence-electron chi connectivity index (χ4n) is 3.29. The number of carbonyl (C=O) groups excluding carboxylic acids is 2. The molecule has 0 aliphatic rings. The van der Waals surface area contributed by atoms with Gasteiger partial charge in [-0.3, -0.25) is 4.79 Å². The number of benzene rings is 2. The Morgan fingerprint density at radius 1 is 1.00 bits per heavy atom. The van der Waals surface area contributed by atoms with E-state index < -0.39 is 18.0 Å². The van der Waals surface area contributed by atoms with Crippen molar-refractivity contribution >= 4 is 28.3 Å². The molecule has 0 spiro atoms. The fourth-order valence-corrected chi connectivity index (χ4v) is 3.29. The van der Waals surface area contributed by atoms with Crippen LogP contribution in [0.5, 0.6) is 0 Å². The van der Waals surface area contributed by atoms with Gasteiger partial charge in [0.05, 0.1) is 11.3 Å². The van der Waals surface area contributed by atoms with Gasteiger partial charge in [0.15, 0.2) is 11.9 Å². The third-order valence-electron chi connectivity index (χ3n) is 4.88. The molecule has 1 N–H and O–H groups in total. The van der Waals surface area contributed by atoms with Gasteiger partial charge in [-0.2, -0.15) is 5.10 Å². The second-order valence-electron chi connectivity index (χ2n) is 7.34. The van der Waals surface area contributed by atoms with Gasteiger partial charge in [-0.15, -0.1) is 0 Å². The van der Waals surface area contributed by atoms with E-state index >= 15 is 0 Å². The smallest absolute Gasteiger partial charge is 0.340 e. The van der Waals surface area contributed by atoms with E-state index in [1.807, 2.05) is 62.4 Å². The van der Waals surface area contributed by atoms with E-state index in [9.17, 15) is 9.59 Å². The molecule has 0 saturated carbocycles. The Hall–Kier alpha value is -4.00. The SMILES string of the molecule is Cc1cc(C)n(-c2ccc(C(=O)OC(C)C(=O)Nc3ccc4ccccc4c3)cn2)n1. The molecular formula is C24H22N4O3. The number of esters is 1. The monoisotopic (exact) mass is 414 g/mol. The maximum Gasteiger partial charge on any atom is 0.340 e. The molecule has 0 fully saturated rings. The summed E-state index contributed by atoms with van der Waals surface area (Å²) >= 11 is 0. The van der Waals surface area contributed by atoms with E-state index in [0.717, 1.165) is 22.2 Å². The number of aryl methyl sites for hydroxylation is 2. The molecule has 0 aliphatic heterocycles. The first-order valence-corrected chi connectivity index (χ1v) is 9.91. The Balaban J connectivity index is 1.40. The zero-order valence-electron chi connectivity index (χ0n) is 17.5. The number of hydrogen-bond donors (Lipinski definition) is 1. The number of ether oxygens (including phenoxy) is 1. The normalized spacial score (nSPS) is 11.8. The zero-order chi connectivity index (χ0) is 22.0. The largest absolute Gasteiger partial charge is 0.449 e. The second kappa shape index (κ2) is 8.39. The number of nitrogens with one attached hydrogen (secondary N) is 1. The van der Waals surface area contributed by atoms with Crippen LogP contribution < -0.4 is 5.32 Å². The molecule has 156 valence electrons. The Bertz CT molecular complexity index is 1260. The van der Waals surface area contributed by atoms with Crippen LogP contribution in [0.4, 0.5) is 5.69 Å². The summed E-state index contributed by atoms with van der Waals surface area (Å²) in [5.41, 5.74) is 2.73. The first-order valence-electron chi connectivity index (χ1n) is 9.91. The summed E-state index contributed by atoms with van der Waals surface area (Å²) in [6, 6.07) is 18.7. The second-order valence-corrected chi connectivity index (χ2v) is 7.34. The van der Waals surface area contributed by atoms with Crippen LogP contribution in [0.3, 0.4) is 0 Å². The van der Waals surface area contributed by atoms with Gasteiger partial charge in [0, 0.05) is 17.6 Å². The van der Waals surface area contributed by atoms with Crippen LogP contribution in [0.2, 0.25) is 0 Å². The molecule has 1 atom stereocenters. The first-order chi connectivity index (χ1) is 14.9. The number of rotatable bonds is 5. The third-order valence-corrected chi connectivity index (χ3v) is 4.88. The summed E-state index contributed by atoms with van der Waals surface area (Å²) in [4.78, 5) is 29.2. The molecule has 2 aromatic carbocycles. The van der Waals surface area contributed by atoms with Crippen LogP contribution >= 0.6 is 0 Å². The van der Waals surface area contributed by atoms with Crippen LogP contribution in [0, 0.1) is 13.8 Å². The number of aromatic nitrogens is 3. The van der Waals surface area contributed by atoms with Crippen LogP contribution in [0.1, 0.15) is 28.7 Å². The minimum Gasteiger partial charge on any atom is -0.449 e. The molecule has 2 heterocycles. The Labute approximate surface area is 179 Å². The van der Waals surface area contributed by atoms with E-state index in [2.05, 4.69) is 15.4 Å². The van der Waals surface area contributed by atoms with E-state index in [4.69, 9.17) is 4.74 Å². The van der Waals surface area contributed by atoms with Gasteiger partial charge in [0.1, 0.15) is 0 Å². The summed E-state index contributed by atoms with van der Waals surface area (Å²) < 4.78 is 7.02. The number of amides is 1. The summed E-state index contributed by atoms with van der Waals surface area (Å²) in [7, 11) is 0. The quantitative estimate of drug-likeness (QED) is 0.494. The highest BCUT2D eigenvalue weighted by Crippen LogP contribution is 2.19. The minimum absolute atomic E-state index is 0.260. The van der Waals surface area contributed by atoms with Crippen molar-refractivity contribution in [2.75, 3.05) is 5.32 Å². The van der Waals surface area contributed by atoms with Crippen LogP contribution in [-0.2, 0) is 9.53 Å². The van der Waals surface area contributed by atoms with Gasteiger partial charge in [-0.25, -0.2) is 14.5 Å². The summed E-state index contributed by atoms with van der Waals surface area (Å²) in [6.45, 7) is 5.37. The zero-order valence-corrected chi connectivity index (χ0v) is 17.5. The number of fused-ring (bicyclic) bond motifs is 1. The molecular weight excluding hydrogens is 392 g/mol. The molecule has 7 heteroatoms. The molecule has 0 bridgehead atoms. The highest BCUT2D eigenvalue weighted by Gasteiger charge is 2.19. The molecule has 7 nitrogen and oxygen atoms in total. The Morgan fingerprint density at radius 2 is 1.77 bits per heavy atom. The standard InChI is InChI=1S/C24H22N4O3/c1-15-12-16(2)28(27-15)22-11-9-20(14-25-22)24(30)31-17(3)23(29)26-21-10-8-18-6-4-5-7-19(18)13-21/h4-14,17H,1-3H3,(H,26,29). The molecule has 1 amide bonds. The average molecular weight is 414 g/mol. The van der Waals surface area contributed by atoms with Crippen LogP contribution in [-0.4, -0.2) is 32.7 Å². The lowest BCUT2D eigenvalue weighted by atomic mass is 10.1. The Morgan fingerprint density at radius 3 is 2.45 bits per heavy atom. The van der Waals surface area contributed by atoms with Crippen molar-refractivity contribution in [2.45, 2.75) is 26.9 Å². The maximum atomic E-state index is 12.5. The Kier molecular flexibility index (Phi) is 5.49. The molecule has 31 heavy (non-hydrogen) atoms. The van der Waals surface area contributed by atoms with Gasteiger partial charge < -0.3 is 10.1 Å². The highest BCUT2D eigenvalue weighted by molar-refractivity contribution is 5.98. The fraction of sp³-hybridized carbons (Fsp3) is 0.167. The van der Waals surface area contributed by atoms with Crippen molar-refractivity contribution in [3.05, 3.63) is 83.8 Å². The molecule has 4 rings (SSSR count). The van der Waals surface area contributed by atoms with Gasteiger partial charge >= 0.3 is 5.97 Å². The summed E-state index contributed by atoms with van der Waals surface area (Å²) in [5, 5.41) is 9.25. The summed E-state index contributed by atoms with van der Waals surface area (Å²) in [5.74, 6) is -0.423. The molecule has 0 radical (unpaired) electrons. The maximum absolute atomic E-state index is 12.5. The topological polar surface area (TPSA) is 86.1 Å².